The molecule has 0 aliphatic heterocycles. The highest BCUT2D eigenvalue weighted by Crippen LogP contribution is 2.42. The van der Waals surface area contributed by atoms with Crippen molar-refractivity contribution in [2.75, 3.05) is 0 Å². The Hall–Kier alpha value is -0.260. The smallest absolute Gasteiger partial charge is 0.0233 e. The Morgan fingerprint density at radius 3 is 1.27 bits per heavy atom. The summed E-state index contributed by atoms with van der Waals surface area (Å²) in [5.74, 6) is 6.11. The fourth-order valence-corrected chi connectivity index (χ4v) is 6.56. The van der Waals surface area contributed by atoms with E-state index in [1.807, 2.05) is 0 Å². The Bertz CT molecular complexity index is 384. The summed E-state index contributed by atoms with van der Waals surface area (Å²) in [7, 11) is 0. The van der Waals surface area contributed by atoms with Crippen molar-refractivity contribution in [1.29, 1.82) is 0 Å². The van der Waals surface area contributed by atoms with Crippen LogP contribution in [0, 0.1) is 35.5 Å². The summed E-state index contributed by atoms with van der Waals surface area (Å²) in [6, 6.07) is 0. The van der Waals surface area contributed by atoms with Crippen molar-refractivity contribution < 1.29 is 0 Å². The zero-order valence-electron chi connectivity index (χ0n) is 17.9. The van der Waals surface area contributed by atoms with E-state index in [1.165, 1.54) is 77.0 Å². The van der Waals surface area contributed by atoms with Crippen LogP contribution in [-0.4, -0.2) is 0 Å². The molecule has 26 heavy (non-hydrogen) atoms. The maximum atomic E-state index is 2.65. The molecule has 0 bridgehead atoms. The Labute approximate surface area is 164 Å². The Balaban J connectivity index is 1.33. The molecular weight excluding hydrogens is 312 g/mol. The third-order valence-corrected chi connectivity index (χ3v) is 8.32. The molecule has 0 atom stereocenters. The minimum absolute atomic E-state index is 0.912. The van der Waals surface area contributed by atoms with Crippen molar-refractivity contribution in [3.8, 4) is 0 Å². The molecule has 0 heteroatoms. The van der Waals surface area contributed by atoms with Gasteiger partial charge in [-0.05, 0) is 99.7 Å². The molecule has 0 aromatic rings. The maximum absolute atomic E-state index is 2.65. The number of hydrogen-bond acceptors (Lipinski definition) is 0. The van der Waals surface area contributed by atoms with E-state index in [1.54, 1.807) is 25.7 Å². The molecule has 0 heterocycles. The molecule has 3 fully saturated rings. The van der Waals surface area contributed by atoms with Crippen LogP contribution < -0.4 is 0 Å². The first-order chi connectivity index (χ1) is 12.8. The van der Waals surface area contributed by atoms with Crippen LogP contribution in [0.15, 0.2) is 12.2 Å². The van der Waals surface area contributed by atoms with Gasteiger partial charge in [0, 0.05) is 0 Å². The van der Waals surface area contributed by atoms with Gasteiger partial charge in [0.25, 0.3) is 0 Å². The standard InChI is InChI=1S/C26H46/c1-3-5-21-7-9-23(10-8-21)11-12-24-15-19-26(20-16-24)25-17-13-22(6-4-2)14-18-25/h11-12,21-26H,3-10,13-20H2,1-2H3. The molecule has 0 radical (unpaired) electrons. The van der Waals surface area contributed by atoms with Crippen LogP contribution in [0.4, 0.5) is 0 Å². The fourth-order valence-electron chi connectivity index (χ4n) is 6.56. The average molecular weight is 359 g/mol. The Morgan fingerprint density at radius 2 is 0.846 bits per heavy atom. The van der Waals surface area contributed by atoms with E-state index < -0.39 is 0 Å². The van der Waals surface area contributed by atoms with Gasteiger partial charge in [0.1, 0.15) is 0 Å². The van der Waals surface area contributed by atoms with Crippen LogP contribution in [0.3, 0.4) is 0 Å². The minimum atomic E-state index is 0.912. The monoisotopic (exact) mass is 358 g/mol. The molecule has 0 N–H and O–H groups in total. The lowest BCUT2D eigenvalue weighted by atomic mass is 9.68. The molecule has 0 amide bonds. The summed E-state index contributed by atoms with van der Waals surface area (Å²) in [6.07, 6.45) is 29.2. The molecule has 3 aliphatic carbocycles. The van der Waals surface area contributed by atoms with Crippen molar-refractivity contribution in [2.45, 2.75) is 117 Å². The summed E-state index contributed by atoms with van der Waals surface area (Å²) in [5, 5.41) is 0. The molecule has 0 saturated heterocycles. The summed E-state index contributed by atoms with van der Waals surface area (Å²) >= 11 is 0. The summed E-state index contributed by atoms with van der Waals surface area (Å²) in [4.78, 5) is 0. The lowest BCUT2D eigenvalue weighted by molar-refractivity contribution is 0.152. The zero-order valence-corrected chi connectivity index (χ0v) is 17.9. The van der Waals surface area contributed by atoms with Gasteiger partial charge in [-0.25, -0.2) is 0 Å². The van der Waals surface area contributed by atoms with Gasteiger partial charge in [0.2, 0.25) is 0 Å². The average Bonchev–Trinajstić information content (AvgIpc) is 2.69. The van der Waals surface area contributed by atoms with Gasteiger partial charge in [-0.2, -0.15) is 0 Å². The highest BCUT2D eigenvalue weighted by Gasteiger charge is 2.30. The van der Waals surface area contributed by atoms with Crippen LogP contribution in [0.25, 0.3) is 0 Å². The van der Waals surface area contributed by atoms with Crippen molar-refractivity contribution in [3.63, 3.8) is 0 Å². The first-order valence-electron chi connectivity index (χ1n) is 12.5. The molecule has 3 aliphatic rings. The van der Waals surface area contributed by atoms with E-state index in [0.717, 1.165) is 35.5 Å². The van der Waals surface area contributed by atoms with Crippen LogP contribution in [0.5, 0.6) is 0 Å². The first-order valence-corrected chi connectivity index (χ1v) is 12.5. The Morgan fingerprint density at radius 1 is 0.500 bits per heavy atom. The summed E-state index contributed by atoms with van der Waals surface area (Å²) < 4.78 is 0. The van der Waals surface area contributed by atoms with Gasteiger partial charge in [-0.3, -0.25) is 0 Å². The molecule has 3 rings (SSSR count). The number of rotatable bonds is 7. The van der Waals surface area contributed by atoms with Crippen molar-refractivity contribution in [1.82, 2.24) is 0 Å². The van der Waals surface area contributed by atoms with Gasteiger partial charge in [0.15, 0.2) is 0 Å². The van der Waals surface area contributed by atoms with Crippen LogP contribution >= 0.6 is 0 Å². The van der Waals surface area contributed by atoms with Crippen LogP contribution in [0.2, 0.25) is 0 Å². The second-order valence-corrected chi connectivity index (χ2v) is 10.2. The number of hydrogen-bond donors (Lipinski definition) is 0. The fraction of sp³-hybridized carbons (Fsp3) is 0.923. The van der Waals surface area contributed by atoms with Gasteiger partial charge in [-0.1, -0.05) is 64.5 Å². The summed E-state index contributed by atoms with van der Waals surface area (Å²) in [5.41, 5.74) is 0. The number of allylic oxidation sites excluding steroid dienone is 2. The van der Waals surface area contributed by atoms with Gasteiger partial charge in [0.05, 0.1) is 0 Å². The van der Waals surface area contributed by atoms with Gasteiger partial charge >= 0.3 is 0 Å². The topological polar surface area (TPSA) is 0 Å². The van der Waals surface area contributed by atoms with E-state index in [2.05, 4.69) is 26.0 Å². The molecule has 150 valence electrons. The van der Waals surface area contributed by atoms with E-state index in [4.69, 9.17) is 0 Å². The van der Waals surface area contributed by atoms with Crippen LogP contribution in [-0.2, 0) is 0 Å². The highest BCUT2D eigenvalue weighted by atomic mass is 14.4. The second-order valence-electron chi connectivity index (χ2n) is 10.2. The van der Waals surface area contributed by atoms with Crippen molar-refractivity contribution >= 4 is 0 Å². The molecular formula is C26H46. The third-order valence-electron chi connectivity index (χ3n) is 8.32. The highest BCUT2D eigenvalue weighted by molar-refractivity contribution is 4.97. The largest absolute Gasteiger partial charge is 0.0851 e. The minimum Gasteiger partial charge on any atom is -0.0851 e. The van der Waals surface area contributed by atoms with Gasteiger partial charge in [-0.15, -0.1) is 0 Å². The molecule has 0 aromatic heterocycles. The van der Waals surface area contributed by atoms with Crippen molar-refractivity contribution in [3.05, 3.63) is 12.2 Å². The lowest BCUT2D eigenvalue weighted by Gasteiger charge is -2.37. The van der Waals surface area contributed by atoms with E-state index >= 15 is 0 Å². The third kappa shape index (κ3) is 6.13. The lowest BCUT2D eigenvalue weighted by Crippen LogP contribution is -2.25. The molecule has 0 nitrogen and oxygen atoms in total. The SMILES string of the molecule is CCCC1CCC(C=CC2CCC(C3CCC(CCC)CC3)CC2)CC1. The predicted octanol–water partition coefficient (Wildman–Crippen LogP) is 8.56. The molecule has 0 unspecified atom stereocenters. The summed E-state index contributed by atoms with van der Waals surface area (Å²) in [6.45, 7) is 4.71. The quantitative estimate of drug-likeness (QED) is 0.400. The van der Waals surface area contributed by atoms with Gasteiger partial charge < -0.3 is 0 Å². The van der Waals surface area contributed by atoms with E-state index in [0.29, 0.717) is 0 Å². The molecule has 0 aromatic carbocycles. The van der Waals surface area contributed by atoms with Crippen molar-refractivity contribution in [2.24, 2.45) is 35.5 Å². The Kier molecular flexibility index (Phi) is 8.60. The van der Waals surface area contributed by atoms with E-state index in [-0.39, 0.29) is 0 Å². The predicted molar refractivity (Wildman–Crippen MR) is 115 cm³/mol. The zero-order chi connectivity index (χ0) is 18.2. The normalized spacial score (nSPS) is 39.3. The second kappa shape index (κ2) is 10.9. The van der Waals surface area contributed by atoms with Crippen LogP contribution in [0.1, 0.15) is 117 Å². The molecule has 3 saturated carbocycles. The molecule has 0 spiro atoms. The van der Waals surface area contributed by atoms with E-state index in [9.17, 15) is 0 Å². The first kappa shape index (κ1) is 20.5. The maximum Gasteiger partial charge on any atom is -0.0233 e.